The van der Waals surface area contributed by atoms with Gasteiger partial charge in [-0.1, -0.05) is 23.5 Å². The predicted octanol–water partition coefficient (Wildman–Crippen LogP) is 1.50. The zero-order valence-corrected chi connectivity index (χ0v) is 9.06. The fourth-order valence-electron chi connectivity index (χ4n) is 0.890. The van der Waals surface area contributed by atoms with Crippen LogP contribution in [0.5, 0.6) is 0 Å². The van der Waals surface area contributed by atoms with Crippen LogP contribution in [-0.2, 0) is 0 Å². The van der Waals surface area contributed by atoms with Gasteiger partial charge in [-0.2, -0.15) is 0 Å². The number of para-hydroxylation sites is 1. The fraction of sp³-hybridized carbons (Fsp3) is 0. The van der Waals surface area contributed by atoms with Crippen molar-refractivity contribution in [2.75, 3.05) is 5.73 Å². The average Bonchev–Trinajstić information content (AvgIpc) is 2.27. The first-order valence-electron chi connectivity index (χ1n) is 2.97. The summed E-state index contributed by atoms with van der Waals surface area (Å²) in [5.74, 6) is 0. The summed E-state index contributed by atoms with van der Waals surface area (Å²) in [6, 6.07) is 7.92. The van der Waals surface area contributed by atoms with Crippen molar-refractivity contribution in [1.29, 1.82) is 0 Å². The third-order valence-electron chi connectivity index (χ3n) is 1.31. The maximum atomic E-state index is 5.50. The molecular weight excluding hydrogens is 167 g/mol. The summed E-state index contributed by atoms with van der Waals surface area (Å²) in [7, 11) is 0. The number of thiazole rings is 1. The van der Waals surface area contributed by atoms with Crippen LogP contribution in [0.15, 0.2) is 24.3 Å². The SMILES string of the molecule is Nc1nc2ccccc2s1.[Na]. The van der Waals surface area contributed by atoms with Crippen molar-refractivity contribution in [2.45, 2.75) is 0 Å². The normalized spacial score (nSPS) is 9.45. The summed E-state index contributed by atoms with van der Waals surface area (Å²) in [5.41, 5.74) is 6.49. The van der Waals surface area contributed by atoms with E-state index in [1.807, 2.05) is 24.3 Å². The Labute approximate surface area is 90.7 Å². The Morgan fingerprint density at radius 1 is 1.27 bits per heavy atom. The topological polar surface area (TPSA) is 38.9 Å². The molecule has 2 nitrogen and oxygen atoms in total. The van der Waals surface area contributed by atoms with Gasteiger partial charge in [0.05, 0.1) is 10.2 Å². The number of anilines is 1. The number of nitrogen functional groups attached to an aromatic ring is 1. The van der Waals surface area contributed by atoms with Gasteiger partial charge in [0.1, 0.15) is 0 Å². The van der Waals surface area contributed by atoms with E-state index in [2.05, 4.69) is 4.98 Å². The van der Waals surface area contributed by atoms with Crippen LogP contribution in [0.3, 0.4) is 0 Å². The molecule has 1 aromatic heterocycles. The molecule has 1 radical (unpaired) electrons. The smallest absolute Gasteiger partial charge is 0.181 e. The van der Waals surface area contributed by atoms with Gasteiger partial charge in [-0.25, -0.2) is 4.98 Å². The van der Waals surface area contributed by atoms with E-state index in [1.165, 1.54) is 11.3 Å². The van der Waals surface area contributed by atoms with Crippen molar-refractivity contribution in [3.63, 3.8) is 0 Å². The molecule has 0 aliphatic heterocycles. The second kappa shape index (κ2) is 3.54. The van der Waals surface area contributed by atoms with Crippen LogP contribution in [0.4, 0.5) is 5.13 Å². The number of hydrogen-bond acceptors (Lipinski definition) is 3. The molecule has 51 valence electrons. The molecule has 2 aromatic rings. The van der Waals surface area contributed by atoms with Gasteiger partial charge in [-0.05, 0) is 12.1 Å². The quantitative estimate of drug-likeness (QED) is 0.613. The summed E-state index contributed by atoms with van der Waals surface area (Å²) in [6.45, 7) is 0. The molecule has 2 rings (SSSR count). The van der Waals surface area contributed by atoms with Gasteiger partial charge < -0.3 is 5.73 Å². The molecule has 0 saturated heterocycles. The summed E-state index contributed by atoms with van der Waals surface area (Å²) in [6.07, 6.45) is 0. The number of fused-ring (bicyclic) bond motifs is 1. The number of rotatable bonds is 0. The van der Waals surface area contributed by atoms with Gasteiger partial charge in [0.2, 0.25) is 0 Å². The molecule has 0 unspecified atom stereocenters. The third-order valence-corrected chi connectivity index (χ3v) is 2.18. The van der Waals surface area contributed by atoms with Crippen LogP contribution in [0.1, 0.15) is 0 Å². The maximum absolute atomic E-state index is 5.50. The van der Waals surface area contributed by atoms with Gasteiger partial charge in [-0.3, -0.25) is 0 Å². The summed E-state index contributed by atoms with van der Waals surface area (Å²) < 4.78 is 1.15. The van der Waals surface area contributed by atoms with E-state index in [0.717, 1.165) is 10.2 Å². The van der Waals surface area contributed by atoms with E-state index in [1.54, 1.807) is 0 Å². The minimum absolute atomic E-state index is 0. The number of aromatic nitrogens is 1. The minimum atomic E-state index is 0. The Morgan fingerprint density at radius 3 is 2.73 bits per heavy atom. The first-order valence-corrected chi connectivity index (χ1v) is 3.79. The predicted molar refractivity (Wildman–Crippen MR) is 49.8 cm³/mol. The van der Waals surface area contributed by atoms with Crippen molar-refractivity contribution in [3.05, 3.63) is 24.3 Å². The van der Waals surface area contributed by atoms with Crippen molar-refractivity contribution in [1.82, 2.24) is 4.98 Å². The largest absolute Gasteiger partial charge is 0.375 e. The average molecular weight is 173 g/mol. The molecule has 0 amide bonds. The number of nitrogens with two attached hydrogens (primary N) is 1. The summed E-state index contributed by atoms with van der Waals surface area (Å²) in [5, 5.41) is 0.640. The summed E-state index contributed by atoms with van der Waals surface area (Å²) in [4.78, 5) is 4.11. The Kier molecular flexibility index (Phi) is 2.90. The molecule has 11 heavy (non-hydrogen) atoms. The Morgan fingerprint density at radius 2 is 2.00 bits per heavy atom. The molecule has 1 aromatic carbocycles. The number of benzene rings is 1. The Bertz CT molecular complexity index is 325. The van der Waals surface area contributed by atoms with E-state index >= 15 is 0 Å². The van der Waals surface area contributed by atoms with Crippen molar-refractivity contribution >= 4 is 56.2 Å². The second-order valence-electron chi connectivity index (χ2n) is 2.02. The van der Waals surface area contributed by atoms with Gasteiger partial charge in [0, 0.05) is 29.6 Å². The van der Waals surface area contributed by atoms with E-state index in [4.69, 9.17) is 5.73 Å². The van der Waals surface area contributed by atoms with Crippen LogP contribution in [0.25, 0.3) is 10.2 Å². The molecule has 4 heteroatoms. The van der Waals surface area contributed by atoms with Crippen LogP contribution in [0.2, 0.25) is 0 Å². The molecule has 0 spiro atoms. The second-order valence-corrected chi connectivity index (χ2v) is 3.08. The van der Waals surface area contributed by atoms with Crippen molar-refractivity contribution < 1.29 is 0 Å². The first-order chi connectivity index (χ1) is 4.86. The van der Waals surface area contributed by atoms with E-state index < -0.39 is 0 Å². The van der Waals surface area contributed by atoms with Gasteiger partial charge in [0.15, 0.2) is 5.13 Å². The zero-order chi connectivity index (χ0) is 6.97. The summed E-state index contributed by atoms with van der Waals surface area (Å²) >= 11 is 1.52. The fourth-order valence-corrected chi connectivity index (χ4v) is 1.62. The van der Waals surface area contributed by atoms with Crippen LogP contribution >= 0.6 is 11.3 Å². The number of nitrogens with zero attached hydrogens (tertiary/aromatic N) is 1. The van der Waals surface area contributed by atoms with Crippen molar-refractivity contribution in [2.24, 2.45) is 0 Å². The first kappa shape index (κ1) is 9.00. The monoisotopic (exact) mass is 173 g/mol. The van der Waals surface area contributed by atoms with Gasteiger partial charge in [0.25, 0.3) is 0 Å². The molecule has 2 N–H and O–H groups in total. The maximum Gasteiger partial charge on any atom is 0.181 e. The molecule has 0 atom stereocenters. The molecule has 1 heterocycles. The molecule has 0 aliphatic carbocycles. The minimum Gasteiger partial charge on any atom is -0.375 e. The molecule has 0 bridgehead atoms. The van der Waals surface area contributed by atoms with Crippen molar-refractivity contribution in [3.8, 4) is 0 Å². The van der Waals surface area contributed by atoms with E-state index in [-0.39, 0.29) is 29.6 Å². The zero-order valence-electron chi connectivity index (χ0n) is 6.24. The molecule has 0 saturated carbocycles. The van der Waals surface area contributed by atoms with E-state index in [0.29, 0.717) is 5.13 Å². The standard InChI is InChI=1S/C7H6N2S.Na/c8-7-9-5-3-1-2-4-6(5)10-7;/h1-4H,(H2,8,9);. The van der Waals surface area contributed by atoms with Gasteiger partial charge in [-0.15, -0.1) is 0 Å². The Hall–Kier alpha value is -0.0900. The molecule has 0 aliphatic rings. The number of hydrogen-bond donors (Lipinski definition) is 1. The third kappa shape index (κ3) is 1.73. The van der Waals surface area contributed by atoms with Gasteiger partial charge >= 0.3 is 0 Å². The molecule has 0 fully saturated rings. The molecular formula is C7H6N2NaS. The van der Waals surface area contributed by atoms with Crippen LogP contribution < -0.4 is 5.73 Å². The van der Waals surface area contributed by atoms with Crippen LogP contribution in [-0.4, -0.2) is 34.5 Å². The van der Waals surface area contributed by atoms with Crippen LogP contribution in [0, 0.1) is 0 Å². The van der Waals surface area contributed by atoms with E-state index in [9.17, 15) is 0 Å². The Balaban J connectivity index is 0.000000605.